The smallest absolute Gasteiger partial charge is 0.0730 e. The van der Waals surface area contributed by atoms with Crippen LogP contribution in [0.1, 0.15) is 49.9 Å². The van der Waals surface area contributed by atoms with E-state index in [0.717, 1.165) is 33.9 Å². The molecule has 0 radical (unpaired) electrons. The molecule has 0 bridgehead atoms. The first-order valence-corrected chi connectivity index (χ1v) is 21.8. The molecule has 3 nitrogen and oxygen atoms in total. The minimum absolute atomic E-state index is 0.103. The molecule has 62 heavy (non-hydrogen) atoms. The van der Waals surface area contributed by atoms with E-state index >= 15 is 0 Å². The van der Waals surface area contributed by atoms with Crippen molar-refractivity contribution in [1.29, 1.82) is 0 Å². The molecule has 0 saturated heterocycles. The van der Waals surface area contributed by atoms with E-state index in [1.54, 1.807) is 0 Å². The fourth-order valence-corrected chi connectivity index (χ4v) is 11.2. The molecule has 0 amide bonds. The Labute approximate surface area is 361 Å². The lowest BCUT2D eigenvalue weighted by Gasteiger charge is -2.21. The average molecular weight is 794 g/mol. The second kappa shape index (κ2) is 12.5. The molecule has 294 valence electrons. The quantitative estimate of drug-likeness (QED) is 0.174. The van der Waals surface area contributed by atoms with Crippen LogP contribution in [0.2, 0.25) is 0 Å². The summed E-state index contributed by atoms with van der Waals surface area (Å²) in [6.07, 6.45) is 0. The van der Waals surface area contributed by atoms with Crippen LogP contribution in [-0.2, 0) is 10.8 Å². The van der Waals surface area contributed by atoms with Crippen molar-refractivity contribution >= 4 is 43.6 Å². The molecule has 3 aromatic heterocycles. The summed E-state index contributed by atoms with van der Waals surface area (Å²) in [6, 6.07) is 69.6. The normalized spacial score (nSPS) is 14.4. The van der Waals surface area contributed by atoms with Crippen LogP contribution in [0.5, 0.6) is 0 Å². The molecule has 0 aliphatic heterocycles. The first-order valence-electron chi connectivity index (χ1n) is 21.8. The van der Waals surface area contributed by atoms with E-state index in [0.29, 0.717) is 0 Å². The van der Waals surface area contributed by atoms with Crippen LogP contribution < -0.4 is 0 Å². The highest BCUT2D eigenvalue weighted by atomic mass is 15.0. The Kier molecular flexibility index (Phi) is 7.13. The molecule has 8 aromatic carbocycles. The van der Waals surface area contributed by atoms with Gasteiger partial charge in [0.15, 0.2) is 0 Å². The monoisotopic (exact) mass is 793 g/mol. The van der Waals surface area contributed by atoms with Gasteiger partial charge in [0.05, 0.1) is 39.1 Å². The first kappa shape index (κ1) is 35.3. The fourth-order valence-electron chi connectivity index (χ4n) is 11.2. The Morgan fingerprint density at radius 1 is 0.323 bits per heavy atom. The van der Waals surface area contributed by atoms with Gasteiger partial charge < -0.3 is 9.13 Å². The molecule has 0 fully saturated rings. The van der Waals surface area contributed by atoms with E-state index in [2.05, 4.69) is 225 Å². The summed E-state index contributed by atoms with van der Waals surface area (Å²) in [6.45, 7) is 9.47. The summed E-state index contributed by atoms with van der Waals surface area (Å²) in [5, 5.41) is 4.98. The number of pyridine rings is 1. The maximum atomic E-state index is 5.49. The summed E-state index contributed by atoms with van der Waals surface area (Å²) in [4.78, 5) is 5.49. The molecule has 2 aliphatic rings. The number of fused-ring (bicyclic) bond motifs is 12. The van der Waals surface area contributed by atoms with Crippen LogP contribution in [0.15, 0.2) is 188 Å². The van der Waals surface area contributed by atoms with Crippen molar-refractivity contribution in [2.24, 2.45) is 0 Å². The largest absolute Gasteiger partial charge is 0.309 e. The van der Waals surface area contributed by atoms with Crippen molar-refractivity contribution in [3.05, 3.63) is 210 Å². The van der Waals surface area contributed by atoms with Crippen LogP contribution in [0.3, 0.4) is 0 Å². The molecule has 13 rings (SSSR count). The van der Waals surface area contributed by atoms with Crippen molar-refractivity contribution in [3.63, 3.8) is 0 Å². The van der Waals surface area contributed by atoms with Gasteiger partial charge in [0.25, 0.3) is 0 Å². The van der Waals surface area contributed by atoms with Gasteiger partial charge in [0.1, 0.15) is 0 Å². The van der Waals surface area contributed by atoms with E-state index < -0.39 is 0 Å². The summed E-state index contributed by atoms with van der Waals surface area (Å²) >= 11 is 0. The first-order chi connectivity index (χ1) is 30.3. The molecule has 0 unspecified atom stereocenters. The zero-order valence-corrected chi connectivity index (χ0v) is 35.2. The minimum atomic E-state index is -0.119. The average Bonchev–Trinajstić information content (AvgIpc) is 3.96. The Bertz CT molecular complexity index is 3670. The second-order valence-corrected chi connectivity index (χ2v) is 18.4. The number of aromatic nitrogens is 3. The van der Waals surface area contributed by atoms with Crippen molar-refractivity contribution in [2.45, 2.75) is 38.5 Å². The van der Waals surface area contributed by atoms with Gasteiger partial charge in [-0.15, -0.1) is 0 Å². The van der Waals surface area contributed by atoms with Gasteiger partial charge in [0, 0.05) is 49.2 Å². The van der Waals surface area contributed by atoms with Gasteiger partial charge in [-0.05, 0) is 111 Å². The predicted octanol–water partition coefficient (Wildman–Crippen LogP) is 15.2. The van der Waals surface area contributed by atoms with Crippen LogP contribution in [0.25, 0.3) is 99.8 Å². The Hall–Kier alpha value is -7.49. The number of rotatable bonds is 4. The maximum Gasteiger partial charge on any atom is 0.0730 e. The SMILES string of the molecule is CC1(C)c2ccccc2-c2cc3c4ccccc4n(-c4cc(-c5ccccc5)nc(-c5ccc6c(c5)c5cc7c(cc5n6-c5ccccc5)C(C)(C)c5ccccc5-7)c4)c3cc21. The lowest BCUT2D eigenvalue weighted by atomic mass is 9.82. The maximum absolute atomic E-state index is 5.49. The zero-order chi connectivity index (χ0) is 41.5. The zero-order valence-electron chi connectivity index (χ0n) is 35.2. The number of hydrogen-bond donors (Lipinski definition) is 0. The van der Waals surface area contributed by atoms with Crippen molar-refractivity contribution in [1.82, 2.24) is 14.1 Å². The van der Waals surface area contributed by atoms with Crippen LogP contribution in [-0.4, -0.2) is 14.1 Å². The molecule has 0 N–H and O–H groups in total. The number of benzene rings is 8. The molecule has 0 atom stereocenters. The molecule has 3 heterocycles. The standard InChI is InChI=1S/C59H43N3/c1-58(2)48-24-14-11-21-40(48)43-32-46-42-23-13-16-26-54(42)62(56(46)34-50(43)58)39-30-52(36-17-7-5-8-18-36)60-53(31-39)37-27-28-55-45(29-37)47-33-44-41-22-12-15-25-49(41)59(3,4)51(44)35-57(47)61(55)38-19-9-6-10-20-38/h5-35H,1-4H3. The Balaban J connectivity index is 1.07. The van der Waals surface area contributed by atoms with Crippen LogP contribution in [0, 0.1) is 0 Å². The second-order valence-electron chi connectivity index (χ2n) is 18.4. The molecule has 3 heteroatoms. The van der Waals surface area contributed by atoms with Crippen molar-refractivity contribution in [2.75, 3.05) is 0 Å². The van der Waals surface area contributed by atoms with E-state index in [1.165, 1.54) is 88.1 Å². The van der Waals surface area contributed by atoms with Gasteiger partial charge in [0.2, 0.25) is 0 Å². The Morgan fingerprint density at radius 2 is 0.806 bits per heavy atom. The highest BCUT2D eigenvalue weighted by molar-refractivity contribution is 6.14. The predicted molar refractivity (Wildman–Crippen MR) is 259 cm³/mol. The molecule has 2 aliphatic carbocycles. The number of nitrogens with zero attached hydrogens (tertiary/aromatic N) is 3. The number of para-hydroxylation sites is 2. The summed E-state index contributed by atoms with van der Waals surface area (Å²) in [5.74, 6) is 0. The van der Waals surface area contributed by atoms with Crippen molar-refractivity contribution in [3.8, 4) is 56.1 Å². The molecular weight excluding hydrogens is 751 g/mol. The van der Waals surface area contributed by atoms with E-state index in [9.17, 15) is 0 Å². The number of hydrogen-bond acceptors (Lipinski definition) is 1. The Morgan fingerprint density at radius 3 is 1.45 bits per heavy atom. The highest BCUT2D eigenvalue weighted by Crippen LogP contribution is 2.53. The molecule has 0 saturated carbocycles. The highest BCUT2D eigenvalue weighted by Gasteiger charge is 2.37. The third-order valence-corrected chi connectivity index (χ3v) is 14.3. The topological polar surface area (TPSA) is 22.8 Å². The fraction of sp³-hybridized carbons (Fsp3) is 0.102. The molecule has 0 spiro atoms. The molecular formula is C59H43N3. The lowest BCUT2D eigenvalue weighted by Crippen LogP contribution is -2.15. The van der Waals surface area contributed by atoms with Gasteiger partial charge in [-0.2, -0.15) is 0 Å². The van der Waals surface area contributed by atoms with Gasteiger partial charge >= 0.3 is 0 Å². The van der Waals surface area contributed by atoms with Crippen LogP contribution >= 0.6 is 0 Å². The van der Waals surface area contributed by atoms with Crippen molar-refractivity contribution < 1.29 is 0 Å². The van der Waals surface area contributed by atoms with Gasteiger partial charge in [-0.25, -0.2) is 4.98 Å². The lowest BCUT2D eigenvalue weighted by molar-refractivity contribution is 0.661. The summed E-state index contributed by atoms with van der Waals surface area (Å²) in [5.41, 5.74) is 21.7. The van der Waals surface area contributed by atoms with Crippen LogP contribution in [0.4, 0.5) is 0 Å². The van der Waals surface area contributed by atoms with E-state index in [4.69, 9.17) is 4.98 Å². The summed E-state index contributed by atoms with van der Waals surface area (Å²) < 4.78 is 4.92. The minimum Gasteiger partial charge on any atom is -0.309 e. The third kappa shape index (κ3) is 4.79. The molecule has 11 aromatic rings. The third-order valence-electron chi connectivity index (χ3n) is 14.3. The van der Waals surface area contributed by atoms with Gasteiger partial charge in [-0.3, -0.25) is 0 Å². The van der Waals surface area contributed by atoms with Gasteiger partial charge in [-0.1, -0.05) is 149 Å². The summed E-state index contributed by atoms with van der Waals surface area (Å²) in [7, 11) is 0. The van der Waals surface area contributed by atoms with E-state index in [1.807, 2.05) is 0 Å². The van der Waals surface area contributed by atoms with E-state index in [-0.39, 0.29) is 10.8 Å².